The van der Waals surface area contributed by atoms with Crippen LogP contribution < -0.4 is 10.9 Å². The maximum Gasteiger partial charge on any atom is 0.285 e. The van der Waals surface area contributed by atoms with E-state index in [1.807, 2.05) is 37.3 Å². The van der Waals surface area contributed by atoms with Crippen LogP contribution in [0.2, 0.25) is 0 Å². The minimum absolute atomic E-state index is 0.158. The Bertz CT molecular complexity index is 1230. The second-order valence-corrected chi connectivity index (χ2v) is 7.04. The van der Waals surface area contributed by atoms with Gasteiger partial charge in [-0.3, -0.25) is 9.89 Å². The first-order valence-corrected chi connectivity index (χ1v) is 9.45. The molecule has 0 aliphatic carbocycles. The van der Waals surface area contributed by atoms with Crippen LogP contribution in [-0.4, -0.2) is 44.6 Å². The number of rotatable bonds is 3. The molecule has 0 radical (unpaired) electrons. The first kappa shape index (κ1) is 17.8. The Labute approximate surface area is 165 Å². The van der Waals surface area contributed by atoms with Gasteiger partial charge in [0.2, 0.25) is 5.89 Å². The normalized spacial score (nSPS) is 17.1. The van der Waals surface area contributed by atoms with Crippen LogP contribution in [0.4, 0.5) is 0 Å². The number of nitrogens with zero attached hydrogens (tertiary/aromatic N) is 4. The van der Waals surface area contributed by atoms with Crippen LogP contribution in [0.1, 0.15) is 23.3 Å². The third kappa shape index (κ3) is 2.95. The number of fused-ring (bicyclic) bond motifs is 1. The van der Waals surface area contributed by atoms with Crippen molar-refractivity contribution in [2.75, 3.05) is 19.8 Å². The lowest BCUT2D eigenvalue weighted by Crippen LogP contribution is -2.34. The van der Waals surface area contributed by atoms with Gasteiger partial charge in [0.25, 0.3) is 11.4 Å². The van der Waals surface area contributed by atoms with Gasteiger partial charge in [-0.1, -0.05) is 30.3 Å². The summed E-state index contributed by atoms with van der Waals surface area (Å²) in [6.45, 7) is 5.51. The predicted molar refractivity (Wildman–Crippen MR) is 106 cm³/mol. The van der Waals surface area contributed by atoms with Gasteiger partial charge in [-0.05, 0) is 19.4 Å². The van der Waals surface area contributed by atoms with E-state index in [9.17, 15) is 4.79 Å². The Morgan fingerprint density at radius 1 is 1.14 bits per heavy atom. The SMILES string of the molecule is Cc1nc2c(-c3ccccc3)c(C)[nH]n2c(=O)c1-c1nnc(C2COCCN2)o1. The van der Waals surface area contributed by atoms with Crippen molar-refractivity contribution in [2.45, 2.75) is 19.9 Å². The molecule has 3 aromatic heterocycles. The van der Waals surface area contributed by atoms with Gasteiger partial charge in [0.15, 0.2) is 5.65 Å². The average Bonchev–Trinajstić information content (AvgIpc) is 3.34. The highest BCUT2D eigenvalue weighted by Gasteiger charge is 2.25. The van der Waals surface area contributed by atoms with Crippen LogP contribution in [0, 0.1) is 13.8 Å². The van der Waals surface area contributed by atoms with Gasteiger partial charge in [0.1, 0.15) is 11.6 Å². The summed E-state index contributed by atoms with van der Waals surface area (Å²) in [6, 6.07) is 9.68. The lowest BCUT2D eigenvalue weighted by atomic mass is 10.1. The number of H-pyrrole nitrogens is 1. The Morgan fingerprint density at radius 3 is 2.72 bits per heavy atom. The van der Waals surface area contributed by atoms with E-state index in [2.05, 4.69) is 20.6 Å². The molecule has 0 bridgehead atoms. The fourth-order valence-electron chi connectivity index (χ4n) is 3.69. The summed E-state index contributed by atoms with van der Waals surface area (Å²) in [5, 5.41) is 14.6. The molecule has 5 rings (SSSR count). The van der Waals surface area contributed by atoms with Crippen molar-refractivity contribution in [3.05, 3.63) is 58.0 Å². The largest absolute Gasteiger partial charge is 0.419 e. The van der Waals surface area contributed by atoms with Gasteiger partial charge in [0, 0.05) is 17.8 Å². The summed E-state index contributed by atoms with van der Waals surface area (Å²) in [6.07, 6.45) is 0. The van der Waals surface area contributed by atoms with Crippen molar-refractivity contribution in [3.63, 3.8) is 0 Å². The number of ether oxygens (including phenoxy) is 1. The first-order valence-electron chi connectivity index (χ1n) is 9.45. The molecule has 4 aromatic rings. The lowest BCUT2D eigenvalue weighted by molar-refractivity contribution is 0.0683. The Balaban J connectivity index is 1.63. The molecule has 2 N–H and O–H groups in total. The van der Waals surface area contributed by atoms with Crippen LogP contribution in [-0.2, 0) is 4.74 Å². The molecule has 1 unspecified atom stereocenters. The summed E-state index contributed by atoms with van der Waals surface area (Å²) in [4.78, 5) is 18.0. The van der Waals surface area contributed by atoms with Crippen molar-refractivity contribution in [2.24, 2.45) is 0 Å². The maximum absolute atomic E-state index is 13.3. The van der Waals surface area contributed by atoms with Crippen molar-refractivity contribution in [1.82, 2.24) is 30.1 Å². The highest BCUT2D eigenvalue weighted by Crippen LogP contribution is 2.28. The van der Waals surface area contributed by atoms with Crippen LogP contribution in [0.5, 0.6) is 0 Å². The zero-order chi connectivity index (χ0) is 20.0. The van der Waals surface area contributed by atoms with E-state index in [-0.39, 0.29) is 17.5 Å². The van der Waals surface area contributed by atoms with E-state index in [4.69, 9.17) is 14.1 Å². The van der Waals surface area contributed by atoms with Gasteiger partial charge in [-0.25, -0.2) is 9.50 Å². The van der Waals surface area contributed by atoms with E-state index < -0.39 is 0 Å². The third-order valence-electron chi connectivity index (χ3n) is 5.08. The molecule has 0 amide bonds. The Kier molecular flexibility index (Phi) is 4.26. The molecule has 0 saturated carbocycles. The molecule has 1 atom stereocenters. The summed E-state index contributed by atoms with van der Waals surface area (Å²) in [5.41, 5.74) is 3.86. The van der Waals surface area contributed by atoms with Crippen LogP contribution >= 0.6 is 0 Å². The van der Waals surface area contributed by atoms with Crippen molar-refractivity contribution in [1.29, 1.82) is 0 Å². The number of benzene rings is 1. The van der Waals surface area contributed by atoms with E-state index in [1.54, 1.807) is 6.92 Å². The summed E-state index contributed by atoms with van der Waals surface area (Å²) in [7, 11) is 0. The molecule has 0 spiro atoms. The zero-order valence-corrected chi connectivity index (χ0v) is 16.1. The maximum atomic E-state index is 13.3. The standard InChI is InChI=1S/C20H20N6O3/c1-11-16(19-24-23-18(29-19)14-10-28-9-8-21-14)20(27)26-17(22-11)15(12(2)25-26)13-6-4-3-5-7-13/h3-7,14,21,25H,8-10H2,1-2H3. The van der Waals surface area contributed by atoms with Gasteiger partial charge >= 0.3 is 0 Å². The van der Waals surface area contributed by atoms with Crippen LogP contribution in [0.3, 0.4) is 0 Å². The Morgan fingerprint density at radius 2 is 1.97 bits per heavy atom. The van der Waals surface area contributed by atoms with E-state index >= 15 is 0 Å². The molecule has 9 nitrogen and oxygen atoms in total. The number of morpholine rings is 1. The fourth-order valence-corrected chi connectivity index (χ4v) is 3.69. The summed E-state index contributed by atoms with van der Waals surface area (Å²) < 4.78 is 12.7. The molecule has 1 fully saturated rings. The highest BCUT2D eigenvalue weighted by molar-refractivity contribution is 5.80. The summed E-state index contributed by atoms with van der Waals surface area (Å²) >= 11 is 0. The highest BCUT2D eigenvalue weighted by atomic mass is 16.5. The van der Waals surface area contributed by atoms with Crippen molar-refractivity contribution >= 4 is 5.65 Å². The minimum atomic E-state index is -0.277. The monoisotopic (exact) mass is 392 g/mol. The quantitative estimate of drug-likeness (QED) is 0.549. The van der Waals surface area contributed by atoms with E-state index in [0.29, 0.717) is 42.6 Å². The van der Waals surface area contributed by atoms with Crippen molar-refractivity contribution in [3.8, 4) is 22.6 Å². The molecule has 1 aromatic carbocycles. The first-order chi connectivity index (χ1) is 14.1. The Hall–Kier alpha value is -3.30. The van der Waals surface area contributed by atoms with E-state index in [0.717, 1.165) is 16.8 Å². The fraction of sp³-hybridized carbons (Fsp3) is 0.300. The van der Waals surface area contributed by atoms with Gasteiger partial charge in [-0.2, -0.15) is 0 Å². The topological polar surface area (TPSA) is 110 Å². The van der Waals surface area contributed by atoms with Gasteiger partial charge in [0.05, 0.1) is 18.9 Å². The number of aryl methyl sites for hydroxylation is 2. The third-order valence-corrected chi connectivity index (χ3v) is 5.08. The summed E-state index contributed by atoms with van der Waals surface area (Å²) in [5.74, 6) is 0.557. The molecule has 1 aliphatic heterocycles. The van der Waals surface area contributed by atoms with Gasteiger partial charge < -0.3 is 14.5 Å². The smallest absolute Gasteiger partial charge is 0.285 e. The van der Waals surface area contributed by atoms with Crippen LogP contribution in [0.15, 0.2) is 39.5 Å². The molecule has 148 valence electrons. The second kappa shape index (κ2) is 6.94. The molecule has 9 heteroatoms. The second-order valence-electron chi connectivity index (χ2n) is 7.04. The van der Waals surface area contributed by atoms with E-state index in [1.165, 1.54) is 4.52 Å². The molecule has 4 heterocycles. The van der Waals surface area contributed by atoms with Crippen LogP contribution in [0.25, 0.3) is 28.2 Å². The predicted octanol–water partition coefficient (Wildman–Crippen LogP) is 2.02. The van der Waals surface area contributed by atoms with Gasteiger partial charge in [-0.15, -0.1) is 10.2 Å². The number of hydrogen-bond donors (Lipinski definition) is 2. The number of nitrogens with one attached hydrogen (secondary N) is 2. The zero-order valence-electron chi connectivity index (χ0n) is 16.1. The molecule has 29 heavy (non-hydrogen) atoms. The number of hydrogen-bond acceptors (Lipinski definition) is 7. The average molecular weight is 392 g/mol. The number of aromatic amines is 1. The molecule has 1 aliphatic rings. The minimum Gasteiger partial charge on any atom is -0.419 e. The molecular formula is C20H20N6O3. The molecular weight excluding hydrogens is 372 g/mol. The van der Waals surface area contributed by atoms with Crippen molar-refractivity contribution < 1.29 is 9.15 Å². The number of aromatic nitrogens is 5. The lowest BCUT2D eigenvalue weighted by Gasteiger charge is -2.20. The molecule has 1 saturated heterocycles.